The summed E-state index contributed by atoms with van der Waals surface area (Å²) in [7, 11) is 6.82. The predicted octanol–water partition coefficient (Wildman–Crippen LogP) is 2.40. The Morgan fingerprint density at radius 2 is 1.86 bits per heavy atom. The summed E-state index contributed by atoms with van der Waals surface area (Å²) in [6, 6.07) is 3.97. The van der Waals surface area contributed by atoms with Crippen molar-refractivity contribution in [1.29, 1.82) is 0 Å². The van der Waals surface area contributed by atoms with Gasteiger partial charge in [0.25, 0.3) is 0 Å². The van der Waals surface area contributed by atoms with Gasteiger partial charge < -0.3 is 24.3 Å². The van der Waals surface area contributed by atoms with Crippen LogP contribution in [-0.4, -0.2) is 41.1 Å². The van der Waals surface area contributed by atoms with E-state index in [0.717, 1.165) is 18.6 Å². The number of ether oxygens (including phenoxy) is 4. The molecule has 1 saturated heterocycles. The highest BCUT2D eigenvalue weighted by molar-refractivity contribution is 5.57. The van der Waals surface area contributed by atoms with Crippen LogP contribution in [0.1, 0.15) is 24.9 Å². The van der Waals surface area contributed by atoms with E-state index in [1.807, 2.05) is 19.2 Å². The topological polar surface area (TPSA) is 49.0 Å². The van der Waals surface area contributed by atoms with Gasteiger partial charge in [-0.25, -0.2) is 0 Å². The zero-order valence-corrected chi connectivity index (χ0v) is 13.4. The average Bonchev–Trinajstić information content (AvgIpc) is 2.93. The lowest BCUT2D eigenvalue weighted by molar-refractivity contribution is 0.0622. The first-order valence-electron chi connectivity index (χ1n) is 7.25. The fourth-order valence-corrected chi connectivity index (χ4v) is 3.01. The summed E-state index contributed by atoms with van der Waals surface area (Å²) in [6.07, 6.45) is 1.21. The minimum Gasteiger partial charge on any atom is -0.493 e. The number of nitrogens with one attached hydrogen (secondary N) is 1. The van der Waals surface area contributed by atoms with Gasteiger partial charge in [0.2, 0.25) is 5.75 Å². The second-order valence-corrected chi connectivity index (χ2v) is 5.29. The molecule has 1 heterocycles. The summed E-state index contributed by atoms with van der Waals surface area (Å²) < 4.78 is 22.3. The quantitative estimate of drug-likeness (QED) is 0.873. The molecule has 0 aromatic heterocycles. The summed E-state index contributed by atoms with van der Waals surface area (Å²) in [4.78, 5) is 0. The first-order valence-corrected chi connectivity index (χ1v) is 7.25. The lowest BCUT2D eigenvalue weighted by Crippen LogP contribution is -2.33. The summed E-state index contributed by atoms with van der Waals surface area (Å²) in [6.45, 7) is 3.02. The highest BCUT2D eigenvalue weighted by Crippen LogP contribution is 2.44. The van der Waals surface area contributed by atoms with Crippen LogP contribution >= 0.6 is 0 Å². The summed E-state index contributed by atoms with van der Waals surface area (Å²) in [5.74, 6) is 2.47. The minimum atomic E-state index is 0.0530. The zero-order chi connectivity index (χ0) is 15.4. The monoisotopic (exact) mass is 295 g/mol. The Labute approximate surface area is 126 Å². The zero-order valence-electron chi connectivity index (χ0n) is 13.4. The van der Waals surface area contributed by atoms with Crippen LogP contribution in [0.15, 0.2) is 12.1 Å². The average molecular weight is 295 g/mol. The van der Waals surface area contributed by atoms with Gasteiger partial charge in [0.1, 0.15) is 0 Å². The summed E-state index contributed by atoms with van der Waals surface area (Å²) >= 11 is 0. The maximum atomic E-state index is 5.91. The lowest BCUT2D eigenvalue weighted by atomic mass is 9.91. The van der Waals surface area contributed by atoms with E-state index >= 15 is 0 Å². The van der Waals surface area contributed by atoms with Gasteiger partial charge in [-0.15, -0.1) is 0 Å². The van der Waals surface area contributed by atoms with Gasteiger partial charge >= 0.3 is 0 Å². The van der Waals surface area contributed by atoms with Crippen molar-refractivity contribution in [2.24, 2.45) is 5.92 Å². The molecule has 0 saturated carbocycles. The van der Waals surface area contributed by atoms with E-state index in [-0.39, 0.29) is 12.1 Å². The van der Waals surface area contributed by atoms with Gasteiger partial charge in [-0.05, 0) is 31.5 Å². The molecule has 21 heavy (non-hydrogen) atoms. The molecule has 1 aliphatic heterocycles. The van der Waals surface area contributed by atoms with Crippen molar-refractivity contribution in [3.8, 4) is 17.2 Å². The van der Waals surface area contributed by atoms with Crippen LogP contribution in [0, 0.1) is 5.92 Å². The molecule has 5 nitrogen and oxygen atoms in total. The van der Waals surface area contributed by atoms with Crippen LogP contribution in [-0.2, 0) is 4.74 Å². The Bertz CT molecular complexity index is 478. The van der Waals surface area contributed by atoms with E-state index in [1.165, 1.54) is 0 Å². The number of rotatable bonds is 6. The number of methoxy groups -OCH3 is 3. The van der Waals surface area contributed by atoms with Crippen LogP contribution < -0.4 is 19.5 Å². The highest BCUT2D eigenvalue weighted by Gasteiger charge is 2.34. The van der Waals surface area contributed by atoms with Crippen molar-refractivity contribution >= 4 is 0 Å². The third kappa shape index (κ3) is 2.94. The van der Waals surface area contributed by atoms with Crippen LogP contribution in [0.5, 0.6) is 17.2 Å². The molecular weight excluding hydrogens is 270 g/mol. The highest BCUT2D eigenvalue weighted by atomic mass is 16.5. The van der Waals surface area contributed by atoms with E-state index in [0.29, 0.717) is 23.2 Å². The molecule has 0 spiro atoms. The standard InChI is InChI=1S/C16H25NO4/c1-10-8-9-21-14(10)13(17-2)11-6-7-12(18-3)16(20-5)15(11)19-4/h6-7,10,13-14,17H,8-9H2,1-5H3. The fraction of sp³-hybridized carbons (Fsp3) is 0.625. The Hall–Kier alpha value is -1.46. The molecule has 1 fully saturated rings. The van der Waals surface area contributed by atoms with Crippen molar-refractivity contribution in [2.45, 2.75) is 25.5 Å². The van der Waals surface area contributed by atoms with E-state index in [4.69, 9.17) is 18.9 Å². The van der Waals surface area contributed by atoms with E-state index < -0.39 is 0 Å². The van der Waals surface area contributed by atoms with Crippen molar-refractivity contribution in [2.75, 3.05) is 35.0 Å². The van der Waals surface area contributed by atoms with Gasteiger partial charge in [0, 0.05) is 12.2 Å². The molecule has 0 bridgehead atoms. The largest absolute Gasteiger partial charge is 0.493 e. The van der Waals surface area contributed by atoms with Crippen LogP contribution in [0.2, 0.25) is 0 Å². The van der Waals surface area contributed by atoms with E-state index in [1.54, 1.807) is 21.3 Å². The van der Waals surface area contributed by atoms with E-state index in [2.05, 4.69) is 12.2 Å². The van der Waals surface area contributed by atoms with E-state index in [9.17, 15) is 0 Å². The molecule has 1 N–H and O–H groups in total. The minimum absolute atomic E-state index is 0.0530. The Morgan fingerprint density at radius 1 is 1.14 bits per heavy atom. The van der Waals surface area contributed by atoms with Gasteiger partial charge in [0.15, 0.2) is 11.5 Å². The molecule has 0 amide bonds. The van der Waals surface area contributed by atoms with Gasteiger partial charge in [-0.2, -0.15) is 0 Å². The van der Waals surface area contributed by atoms with Gasteiger partial charge in [0.05, 0.1) is 33.5 Å². The maximum absolute atomic E-state index is 5.91. The molecule has 0 aliphatic carbocycles. The summed E-state index contributed by atoms with van der Waals surface area (Å²) in [5, 5.41) is 3.35. The Kier molecular flexibility index (Phi) is 5.31. The van der Waals surface area contributed by atoms with Crippen molar-refractivity contribution in [3.63, 3.8) is 0 Å². The Morgan fingerprint density at radius 3 is 2.33 bits per heavy atom. The molecule has 5 heteroatoms. The second kappa shape index (κ2) is 7.00. The number of benzene rings is 1. The molecule has 1 aromatic carbocycles. The SMILES string of the molecule is CNC(c1ccc(OC)c(OC)c1OC)C1OCCC1C. The first-order chi connectivity index (χ1) is 10.2. The molecule has 0 radical (unpaired) electrons. The van der Waals surface area contributed by atoms with Crippen LogP contribution in [0.4, 0.5) is 0 Å². The normalized spacial score (nSPS) is 22.9. The van der Waals surface area contributed by atoms with Crippen molar-refractivity contribution in [1.82, 2.24) is 5.32 Å². The second-order valence-electron chi connectivity index (χ2n) is 5.29. The Balaban J connectivity index is 2.45. The summed E-state index contributed by atoms with van der Waals surface area (Å²) in [5.41, 5.74) is 1.02. The molecule has 1 aromatic rings. The van der Waals surface area contributed by atoms with Crippen molar-refractivity contribution < 1.29 is 18.9 Å². The third-order valence-corrected chi connectivity index (χ3v) is 4.15. The molecular formula is C16H25NO4. The molecule has 118 valence electrons. The van der Waals surface area contributed by atoms with Crippen molar-refractivity contribution in [3.05, 3.63) is 17.7 Å². The molecule has 3 unspecified atom stereocenters. The maximum Gasteiger partial charge on any atom is 0.203 e. The predicted molar refractivity (Wildman–Crippen MR) is 81.4 cm³/mol. The molecule has 3 atom stereocenters. The first kappa shape index (κ1) is 15.9. The van der Waals surface area contributed by atoms with Crippen LogP contribution in [0.25, 0.3) is 0 Å². The number of hydrogen-bond acceptors (Lipinski definition) is 5. The number of hydrogen-bond donors (Lipinski definition) is 1. The lowest BCUT2D eigenvalue weighted by Gasteiger charge is -2.28. The fourth-order valence-electron chi connectivity index (χ4n) is 3.01. The smallest absolute Gasteiger partial charge is 0.203 e. The third-order valence-electron chi connectivity index (χ3n) is 4.15. The number of likely N-dealkylation sites (N-methyl/N-ethyl adjacent to an activating group) is 1. The van der Waals surface area contributed by atoms with Crippen LogP contribution in [0.3, 0.4) is 0 Å². The van der Waals surface area contributed by atoms with Gasteiger partial charge in [-0.3, -0.25) is 0 Å². The van der Waals surface area contributed by atoms with Gasteiger partial charge in [-0.1, -0.05) is 6.92 Å². The molecule has 2 rings (SSSR count). The molecule has 1 aliphatic rings.